The summed E-state index contributed by atoms with van der Waals surface area (Å²) in [5.41, 5.74) is 7.06. The SMILES string of the molecule is CC.Nc1ccc2c(c1)CCCN2C(=O)C(F)(F)F. The molecule has 3 nitrogen and oxygen atoms in total. The van der Waals surface area contributed by atoms with Gasteiger partial charge in [-0.2, -0.15) is 13.2 Å². The van der Waals surface area contributed by atoms with E-state index in [1.54, 1.807) is 6.07 Å². The Kier molecular flexibility index (Phi) is 4.80. The minimum Gasteiger partial charge on any atom is -0.399 e. The first-order valence-electron chi connectivity index (χ1n) is 6.16. The van der Waals surface area contributed by atoms with Crippen LogP contribution in [0.2, 0.25) is 0 Å². The highest BCUT2D eigenvalue weighted by atomic mass is 19.4. The topological polar surface area (TPSA) is 46.3 Å². The highest BCUT2D eigenvalue weighted by molar-refractivity contribution is 5.98. The summed E-state index contributed by atoms with van der Waals surface area (Å²) in [6, 6.07) is 4.58. The number of amides is 1. The van der Waals surface area contributed by atoms with Crippen LogP contribution in [0.3, 0.4) is 0 Å². The molecule has 6 heteroatoms. The minimum atomic E-state index is -4.84. The quantitative estimate of drug-likeness (QED) is 0.739. The number of carbonyl (C=O) groups excluding carboxylic acids is 1. The molecule has 0 spiro atoms. The van der Waals surface area contributed by atoms with Crippen LogP contribution in [0.5, 0.6) is 0 Å². The van der Waals surface area contributed by atoms with Crippen molar-refractivity contribution in [1.82, 2.24) is 0 Å². The van der Waals surface area contributed by atoms with E-state index in [9.17, 15) is 18.0 Å². The molecule has 2 N–H and O–H groups in total. The van der Waals surface area contributed by atoms with Crippen LogP contribution in [0.1, 0.15) is 25.8 Å². The zero-order chi connectivity index (χ0) is 14.6. The predicted molar refractivity (Wildman–Crippen MR) is 68.9 cm³/mol. The van der Waals surface area contributed by atoms with Crippen molar-refractivity contribution in [3.63, 3.8) is 0 Å². The normalized spacial score (nSPS) is 14.3. The molecule has 1 aromatic rings. The lowest BCUT2D eigenvalue weighted by molar-refractivity contribution is -0.170. The number of anilines is 2. The van der Waals surface area contributed by atoms with Gasteiger partial charge in [0.1, 0.15) is 0 Å². The van der Waals surface area contributed by atoms with E-state index in [2.05, 4.69) is 0 Å². The minimum absolute atomic E-state index is 0.0925. The molecule has 0 saturated heterocycles. The second kappa shape index (κ2) is 5.95. The fourth-order valence-electron chi connectivity index (χ4n) is 1.98. The van der Waals surface area contributed by atoms with Crippen LogP contribution >= 0.6 is 0 Å². The van der Waals surface area contributed by atoms with E-state index in [-0.39, 0.29) is 6.54 Å². The van der Waals surface area contributed by atoms with E-state index in [4.69, 9.17) is 5.73 Å². The number of rotatable bonds is 0. The van der Waals surface area contributed by atoms with Crippen molar-refractivity contribution in [3.8, 4) is 0 Å². The maximum absolute atomic E-state index is 12.4. The number of alkyl halides is 3. The fraction of sp³-hybridized carbons (Fsp3) is 0.462. The average molecular weight is 274 g/mol. The molecular weight excluding hydrogens is 257 g/mol. The molecule has 1 aliphatic heterocycles. The summed E-state index contributed by atoms with van der Waals surface area (Å²) < 4.78 is 37.2. The zero-order valence-electron chi connectivity index (χ0n) is 10.9. The van der Waals surface area contributed by atoms with Crippen molar-refractivity contribution in [2.24, 2.45) is 0 Å². The third-order valence-corrected chi connectivity index (χ3v) is 2.71. The highest BCUT2D eigenvalue weighted by Gasteiger charge is 2.43. The van der Waals surface area contributed by atoms with E-state index in [0.29, 0.717) is 29.8 Å². The molecule has 1 aliphatic rings. The van der Waals surface area contributed by atoms with Crippen LogP contribution in [0.25, 0.3) is 0 Å². The summed E-state index contributed by atoms with van der Waals surface area (Å²) in [5, 5.41) is 0. The molecule has 0 radical (unpaired) electrons. The molecule has 0 aromatic heterocycles. The second-order valence-electron chi connectivity index (χ2n) is 3.95. The molecule has 1 aromatic carbocycles. The number of aryl methyl sites for hydroxylation is 1. The van der Waals surface area contributed by atoms with Crippen molar-refractivity contribution in [2.75, 3.05) is 17.2 Å². The molecule has 19 heavy (non-hydrogen) atoms. The van der Waals surface area contributed by atoms with Crippen LogP contribution in [-0.2, 0) is 11.2 Å². The third kappa shape index (κ3) is 3.39. The number of hydrogen-bond acceptors (Lipinski definition) is 2. The summed E-state index contributed by atoms with van der Waals surface area (Å²) in [6.45, 7) is 4.09. The number of hydrogen-bond donors (Lipinski definition) is 1. The number of halogens is 3. The molecule has 0 bridgehead atoms. The standard InChI is InChI=1S/C11H11F3N2O.C2H6/c12-11(13,14)10(17)16-5-1-2-7-6-8(15)3-4-9(7)16;1-2/h3-4,6H,1-2,5,15H2;1-2H3. The van der Waals surface area contributed by atoms with Gasteiger partial charge in [0.2, 0.25) is 0 Å². The Balaban J connectivity index is 0.000000861. The Hall–Kier alpha value is -1.72. The van der Waals surface area contributed by atoms with E-state index in [1.807, 2.05) is 13.8 Å². The van der Waals surface area contributed by atoms with Crippen molar-refractivity contribution in [2.45, 2.75) is 32.9 Å². The smallest absolute Gasteiger partial charge is 0.399 e. The number of carbonyl (C=O) groups is 1. The van der Waals surface area contributed by atoms with Gasteiger partial charge in [-0.15, -0.1) is 0 Å². The predicted octanol–water partition coefficient (Wildman–Crippen LogP) is 3.14. The Bertz CT molecular complexity index is 458. The van der Waals surface area contributed by atoms with Gasteiger partial charge in [0, 0.05) is 17.9 Å². The van der Waals surface area contributed by atoms with Crippen LogP contribution in [-0.4, -0.2) is 18.6 Å². The average Bonchev–Trinajstić information content (AvgIpc) is 2.38. The van der Waals surface area contributed by atoms with Gasteiger partial charge in [0.05, 0.1) is 0 Å². The molecule has 0 aliphatic carbocycles. The monoisotopic (exact) mass is 274 g/mol. The number of nitrogens with zero attached hydrogens (tertiary/aromatic N) is 1. The first-order valence-corrected chi connectivity index (χ1v) is 6.16. The van der Waals surface area contributed by atoms with Gasteiger partial charge in [0.25, 0.3) is 0 Å². The van der Waals surface area contributed by atoms with Crippen LogP contribution in [0.4, 0.5) is 24.5 Å². The van der Waals surface area contributed by atoms with Crippen LogP contribution in [0.15, 0.2) is 18.2 Å². The van der Waals surface area contributed by atoms with E-state index >= 15 is 0 Å². The van der Waals surface area contributed by atoms with Gasteiger partial charge < -0.3 is 10.6 Å². The van der Waals surface area contributed by atoms with Gasteiger partial charge in [-0.1, -0.05) is 13.8 Å². The summed E-state index contributed by atoms with van der Waals surface area (Å²) in [5.74, 6) is -1.82. The molecule has 1 heterocycles. The molecular formula is C13H17F3N2O. The summed E-state index contributed by atoms with van der Waals surface area (Å²) >= 11 is 0. The van der Waals surface area contributed by atoms with Crippen LogP contribution in [0, 0.1) is 0 Å². The largest absolute Gasteiger partial charge is 0.471 e. The zero-order valence-corrected chi connectivity index (χ0v) is 10.9. The van der Waals surface area contributed by atoms with Gasteiger partial charge in [-0.3, -0.25) is 4.79 Å². The molecule has 106 valence electrons. The molecule has 0 saturated carbocycles. The third-order valence-electron chi connectivity index (χ3n) is 2.71. The maximum Gasteiger partial charge on any atom is 0.471 e. The van der Waals surface area contributed by atoms with Crippen molar-refractivity contribution in [1.29, 1.82) is 0 Å². The van der Waals surface area contributed by atoms with Gasteiger partial charge >= 0.3 is 12.1 Å². The van der Waals surface area contributed by atoms with Gasteiger partial charge in [-0.05, 0) is 36.6 Å². The van der Waals surface area contributed by atoms with Gasteiger partial charge in [0.15, 0.2) is 0 Å². The Morgan fingerprint density at radius 2 is 1.95 bits per heavy atom. The molecule has 1 amide bonds. The Morgan fingerprint density at radius 3 is 2.53 bits per heavy atom. The van der Waals surface area contributed by atoms with E-state index in [1.165, 1.54) is 12.1 Å². The lowest BCUT2D eigenvalue weighted by Crippen LogP contribution is -2.43. The lowest BCUT2D eigenvalue weighted by Gasteiger charge is -2.30. The first-order chi connectivity index (χ1) is 8.89. The maximum atomic E-state index is 12.4. The molecule has 2 rings (SSSR count). The Labute approximate surface area is 110 Å². The number of nitrogen functional groups attached to an aromatic ring is 1. The molecule has 0 atom stereocenters. The van der Waals surface area contributed by atoms with E-state index < -0.39 is 12.1 Å². The van der Waals surface area contributed by atoms with Crippen molar-refractivity contribution in [3.05, 3.63) is 23.8 Å². The lowest BCUT2D eigenvalue weighted by atomic mass is 10.0. The van der Waals surface area contributed by atoms with Crippen LogP contribution < -0.4 is 10.6 Å². The van der Waals surface area contributed by atoms with E-state index in [0.717, 1.165) is 4.90 Å². The number of nitrogens with two attached hydrogens (primary N) is 1. The fourth-order valence-corrected chi connectivity index (χ4v) is 1.98. The first kappa shape index (κ1) is 15.3. The van der Waals surface area contributed by atoms with Gasteiger partial charge in [-0.25, -0.2) is 0 Å². The number of fused-ring (bicyclic) bond motifs is 1. The van der Waals surface area contributed by atoms with Crippen molar-refractivity contribution >= 4 is 17.3 Å². The summed E-state index contributed by atoms with van der Waals surface area (Å²) in [6.07, 6.45) is -3.68. The summed E-state index contributed by atoms with van der Waals surface area (Å²) in [7, 11) is 0. The van der Waals surface area contributed by atoms with Crippen molar-refractivity contribution < 1.29 is 18.0 Å². The Morgan fingerprint density at radius 1 is 1.32 bits per heavy atom. The summed E-state index contributed by atoms with van der Waals surface area (Å²) in [4.78, 5) is 12.0. The second-order valence-corrected chi connectivity index (χ2v) is 3.95. The highest BCUT2D eigenvalue weighted by Crippen LogP contribution is 2.32. The number of benzene rings is 1. The molecule has 0 unspecified atom stereocenters. The molecule has 0 fully saturated rings.